The molecule has 0 aliphatic carbocycles. The zero-order chi connectivity index (χ0) is 13.9. The Morgan fingerprint density at radius 1 is 1.28 bits per heavy atom. The highest BCUT2D eigenvalue weighted by atomic mass is 19.4. The number of ether oxygens (including phenoxy) is 2. The summed E-state index contributed by atoms with van der Waals surface area (Å²) in [6.07, 6.45) is -6.45. The van der Waals surface area contributed by atoms with Crippen molar-refractivity contribution in [3.8, 4) is 11.5 Å². The standard InChI is InChI=1S/C12H13F3O3/c1-7(16)9-4-5-10(17-3)11(6-9)18-8(2)12(13,14)15/h4-6,8H,1-3H3. The third kappa shape index (κ3) is 3.38. The zero-order valence-electron chi connectivity index (χ0n) is 10.2. The van der Waals surface area contributed by atoms with Crippen LogP contribution in [0.2, 0.25) is 0 Å². The Kier molecular flexibility index (Phi) is 4.21. The highest BCUT2D eigenvalue weighted by molar-refractivity contribution is 5.94. The maximum atomic E-state index is 12.4. The first kappa shape index (κ1) is 14.3. The molecule has 0 bridgehead atoms. The van der Waals surface area contributed by atoms with E-state index < -0.39 is 12.3 Å². The van der Waals surface area contributed by atoms with Crippen LogP contribution in [0.15, 0.2) is 18.2 Å². The van der Waals surface area contributed by atoms with E-state index >= 15 is 0 Å². The highest BCUT2D eigenvalue weighted by Crippen LogP contribution is 2.32. The second-order valence-electron chi connectivity index (χ2n) is 3.72. The highest BCUT2D eigenvalue weighted by Gasteiger charge is 2.38. The molecule has 0 aromatic heterocycles. The van der Waals surface area contributed by atoms with Gasteiger partial charge in [0.15, 0.2) is 23.4 Å². The predicted octanol–water partition coefficient (Wildman–Crippen LogP) is 3.23. The Labute approximate surface area is 103 Å². The van der Waals surface area contributed by atoms with Crippen molar-refractivity contribution in [3.63, 3.8) is 0 Å². The molecule has 18 heavy (non-hydrogen) atoms. The van der Waals surface area contributed by atoms with E-state index in [1.165, 1.54) is 32.2 Å². The van der Waals surface area contributed by atoms with Gasteiger partial charge in [0.05, 0.1) is 7.11 Å². The number of rotatable bonds is 4. The summed E-state index contributed by atoms with van der Waals surface area (Å²) < 4.78 is 46.9. The van der Waals surface area contributed by atoms with Gasteiger partial charge in [-0.3, -0.25) is 4.79 Å². The number of halogens is 3. The molecule has 0 amide bonds. The molecule has 0 saturated heterocycles. The first-order valence-electron chi connectivity index (χ1n) is 5.18. The molecule has 0 fully saturated rings. The average molecular weight is 262 g/mol. The fraction of sp³-hybridized carbons (Fsp3) is 0.417. The van der Waals surface area contributed by atoms with Gasteiger partial charge in [-0.2, -0.15) is 13.2 Å². The van der Waals surface area contributed by atoms with Gasteiger partial charge in [-0.25, -0.2) is 0 Å². The van der Waals surface area contributed by atoms with E-state index in [4.69, 9.17) is 9.47 Å². The van der Waals surface area contributed by atoms with Crippen LogP contribution < -0.4 is 9.47 Å². The number of carbonyl (C=O) groups excluding carboxylic acids is 1. The summed E-state index contributed by atoms with van der Waals surface area (Å²) in [5, 5.41) is 0. The molecule has 0 saturated carbocycles. The lowest BCUT2D eigenvalue weighted by Gasteiger charge is -2.19. The van der Waals surface area contributed by atoms with E-state index in [0.717, 1.165) is 6.92 Å². The van der Waals surface area contributed by atoms with Crippen molar-refractivity contribution in [1.82, 2.24) is 0 Å². The maximum Gasteiger partial charge on any atom is 0.425 e. The minimum absolute atomic E-state index is 0.102. The maximum absolute atomic E-state index is 12.4. The van der Waals surface area contributed by atoms with E-state index in [1.54, 1.807) is 0 Å². The summed E-state index contributed by atoms with van der Waals surface area (Å²) >= 11 is 0. The Bertz CT molecular complexity index is 441. The number of hydrogen-bond donors (Lipinski definition) is 0. The van der Waals surface area contributed by atoms with Gasteiger partial charge < -0.3 is 9.47 Å². The van der Waals surface area contributed by atoms with Crippen molar-refractivity contribution in [1.29, 1.82) is 0 Å². The number of benzene rings is 1. The quantitative estimate of drug-likeness (QED) is 0.781. The van der Waals surface area contributed by atoms with Crippen LogP contribution in [-0.4, -0.2) is 25.2 Å². The van der Waals surface area contributed by atoms with Crippen LogP contribution >= 0.6 is 0 Å². The number of carbonyl (C=O) groups is 1. The Morgan fingerprint density at radius 3 is 2.33 bits per heavy atom. The molecule has 0 heterocycles. The second kappa shape index (κ2) is 5.29. The molecule has 0 spiro atoms. The van der Waals surface area contributed by atoms with E-state index in [9.17, 15) is 18.0 Å². The van der Waals surface area contributed by atoms with E-state index in [1.807, 2.05) is 0 Å². The summed E-state index contributed by atoms with van der Waals surface area (Å²) in [4.78, 5) is 11.2. The molecule has 3 nitrogen and oxygen atoms in total. The molecule has 1 atom stereocenters. The molecule has 0 aliphatic rings. The lowest BCUT2D eigenvalue weighted by Crippen LogP contribution is -2.31. The van der Waals surface area contributed by atoms with Crippen molar-refractivity contribution < 1.29 is 27.4 Å². The number of methoxy groups -OCH3 is 1. The van der Waals surface area contributed by atoms with Crippen LogP contribution in [0, 0.1) is 0 Å². The number of ketones is 1. The fourth-order valence-electron chi connectivity index (χ4n) is 1.25. The average Bonchev–Trinajstić information content (AvgIpc) is 2.27. The van der Waals surface area contributed by atoms with Gasteiger partial charge in [0.1, 0.15) is 0 Å². The lowest BCUT2D eigenvalue weighted by atomic mass is 10.1. The molecule has 1 aromatic carbocycles. The summed E-state index contributed by atoms with van der Waals surface area (Å²) in [5.41, 5.74) is 0.264. The lowest BCUT2D eigenvalue weighted by molar-refractivity contribution is -0.189. The predicted molar refractivity (Wildman–Crippen MR) is 59.1 cm³/mol. The fourth-order valence-corrected chi connectivity index (χ4v) is 1.25. The van der Waals surface area contributed by atoms with E-state index in [2.05, 4.69) is 0 Å². The Balaban J connectivity index is 3.05. The molecule has 0 radical (unpaired) electrons. The molecule has 0 aliphatic heterocycles. The molecular formula is C12H13F3O3. The van der Waals surface area contributed by atoms with Gasteiger partial charge in [-0.1, -0.05) is 0 Å². The SMILES string of the molecule is COc1ccc(C(C)=O)cc1OC(C)C(F)(F)F. The largest absolute Gasteiger partial charge is 0.493 e. The minimum Gasteiger partial charge on any atom is -0.493 e. The molecule has 0 N–H and O–H groups in total. The van der Waals surface area contributed by atoms with Gasteiger partial charge in [0.25, 0.3) is 0 Å². The number of hydrogen-bond acceptors (Lipinski definition) is 3. The van der Waals surface area contributed by atoms with Gasteiger partial charge in [0, 0.05) is 5.56 Å². The molecular weight excluding hydrogens is 249 g/mol. The van der Waals surface area contributed by atoms with Crippen LogP contribution in [0.3, 0.4) is 0 Å². The van der Waals surface area contributed by atoms with Crippen LogP contribution in [0.1, 0.15) is 24.2 Å². The Morgan fingerprint density at radius 2 is 1.89 bits per heavy atom. The van der Waals surface area contributed by atoms with Crippen LogP contribution in [-0.2, 0) is 0 Å². The van der Waals surface area contributed by atoms with Gasteiger partial charge in [-0.15, -0.1) is 0 Å². The third-order valence-corrected chi connectivity index (χ3v) is 2.33. The van der Waals surface area contributed by atoms with Gasteiger partial charge in [-0.05, 0) is 32.0 Å². The molecule has 1 rings (SSSR count). The molecule has 6 heteroatoms. The van der Waals surface area contributed by atoms with Crippen molar-refractivity contribution >= 4 is 5.78 Å². The zero-order valence-corrected chi connectivity index (χ0v) is 10.2. The second-order valence-corrected chi connectivity index (χ2v) is 3.72. The summed E-state index contributed by atoms with van der Waals surface area (Å²) in [6, 6.07) is 4.10. The monoisotopic (exact) mass is 262 g/mol. The molecule has 1 unspecified atom stereocenters. The minimum atomic E-state index is -4.47. The van der Waals surface area contributed by atoms with Crippen molar-refractivity contribution in [2.45, 2.75) is 26.1 Å². The van der Waals surface area contributed by atoms with E-state index in [-0.39, 0.29) is 22.8 Å². The summed E-state index contributed by atoms with van der Waals surface area (Å²) in [5.74, 6) is -0.215. The number of Topliss-reactive ketones (excluding diaryl/α,β-unsaturated/α-hetero) is 1. The normalized spacial score (nSPS) is 13.0. The van der Waals surface area contributed by atoms with Gasteiger partial charge in [0.2, 0.25) is 0 Å². The smallest absolute Gasteiger partial charge is 0.425 e. The molecule has 100 valence electrons. The first-order valence-corrected chi connectivity index (χ1v) is 5.18. The third-order valence-electron chi connectivity index (χ3n) is 2.33. The summed E-state index contributed by atoms with van der Waals surface area (Å²) in [6.45, 7) is 2.21. The van der Waals surface area contributed by atoms with Crippen LogP contribution in [0.25, 0.3) is 0 Å². The summed E-state index contributed by atoms with van der Waals surface area (Å²) in [7, 11) is 1.31. The van der Waals surface area contributed by atoms with Gasteiger partial charge >= 0.3 is 6.18 Å². The van der Waals surface area contributed by atoms with Crippen molar-refractivity contribution in [2.24, 2.45) is 0 Å². The number of alkyl halides is 3. The van der Waals surface area contributed by atoms with Crippen molar-refractivity contribution in [3.05, 3.63) is 23.8 Å². The topological polar surface area (TPSA) is 35.5 Å². The van der Waals surface area contributed by atoms with E-state index in [0.29, 0.717) is 0 Å². The van der Waals surface area contributed by atoms with Crippen LogP contribution in [0.5, 0.6) is 11.5 Å². The van der Waals surface area contributed by atoms with Crippen LogP contribution in [0.4, 0.5) is 13.2 Å². The Hall–Kier alpha value is -1.72. The van der Waals surface area contributed by atoms with Crippen molar-refractivity contribution in [2.75, 3.05) is 7.11 Å². The molecule has 1 aromatic rings. The first-order chi connectivity index (χ1) is 8.25.